The summed E-state index contributed by atoms with van der Waals surface area (Å²) >= 11 is 0. The first-order valence-electron chi connectivity index (χ1n) is 14.8. The van der Waals surface area contributed by atoms with Gasteiger partial charge in [0.15, 0.2) is 5.65 Å². The average molecular weight is 602 g/mol. The standard InChI is InChI=1S/C33H37F2N7O2/c1-8-27(43)40-15-21(7)41(16-20(40)6)31-23-14-25(35)26(13-22-11-9-10-12-24(22)34)38-32(23)42(33(44)39-31)30-28(18(2)3)36-17-37-29(30)19(4)5/h8-12,14,17-21H,1,13,15-16H2,2-7H3/t20-,21+/m1/s1. The molecule has 1 aromatic carbocycles. The van der Waals surface area contributed by atoms with E-state index < -0.39 is 17.3 Å². The van der Waals surface area contributed by atoms with Crippen molar-refractivity contribution in [2.75, 3.05) is 18.0 Å². The van der Waals surface area contributed by atoms with Crippen LogP contribution < -0.4 is 10.6 Å². The van der Waals surface area contributed by atoms with Crippen LogP contribution in [0.5, 0.6) is 0 Å². The maximum absolute atomic E-state index is 15.9. The maximum atomic E-state index is 15.9. The highest BCUT2D eigenvalue weighted by Gasteiger charge is 2.34. The summed E-state index contributed by atoms with van der Waals surface area (Å²) in [4.78, 5) is 48.6. The molecule has 2 atom stereocenters. The summed E-state index contributed by atoms with van der Waals surface area (Å²) in [6.45, 7) is 16.0. The van der Waals surface area contributed by atoms with Gasteiger partial charge in [-0.05, 0) is 49.5 Å². The van der Waals surface area contributed by atoms with Crippen LogP contribution in [0.15, 0.2) is 54.1 Å². The van der Waals surface area contributed by atoms with Crippen LogP contribution in [-0.2, 0) is 11.2 Å². The molecule has 5 rings (SSSR count). The Kier molecular flexibility index (Phi) is 8.58. The Balaban J connectivity index is 1.81. The Labute approximate surface area is 255 Å². The van der Waals surface area contributed by atoms with Gasteiger partial charge in [-0.3, -0.25) is 4.79 Å². The average Bonchev–Trinajstić information content (AvgIpc) is 2.98. The molecule has 0 bridgehead atoms. The van der Waals surface area contributed by atoms with Gasteiger partial charge in [0.2, 0.25) is 5.91 Å². The SMILES string of the molecule is C=CC(=O)N1C[C@H](C)N(c2nc(=O)n(-c3c(C(C)C)ncnc3C(C)C)c3nc(Cc4ccccc4F)c(F)cc23)C[C@H]1C. The fraction of sp³-hybridized carbons (Fsp3) is 0.394. The molecule has 0 spiro atoms. The predicted octanol–water partition coefficient (Wildman–Crippen LogP) is 5.30. The van der Waals surface area contributed by atoms with Gasteiger partial charge in [-0.15, -0.1) is 0 Å². The van der Waals surface area contributed by atoms with E-state index in [0.717, 1.165) is 0 Å². The number of rotatable bonds is 7. The van der Waals surface area contributed by atoms with Gasteiger partial charge in [0.25, 0.3) is 0 Å². The van der Waals surface area contributed by atoms with Crippen LogP contribution in [0, 0.1) is 11.6 Å². The molecule has 0 N–H and O–H groups in total. The van der Waals surface area contributed by atoms with Crippen LogP contribution >= 0.6 is 0 Å². The Hall–Kier alpha value is -4.54. The number of aromatic nitrogens is 5. The lowest BCUT2D eigenvalue weighted by Crippen LogP contribution is -2.58. The van der Waals surface area contributed by atoms with Crippen molar-refractivity contribution < 1.29 is 13.6 Å². The summed E-state index contributed by atoms with van der Waals surface area (Å²) in [6.07, 6.45) is 2.65. The number of carbonyl (C=O) groups is 1. The quantitative estimate of drug-likeness (QED) is 0.265. The number of carbonyl (C=O) groups excluding carboxylic acids is 1. The van der Waals surface area contributed by atoms with E-state index in [-0.39, 0.29) is 59.0 Å². The number of pyridine rings is 1. The lowest BCUT2D eigenvalue weighted by Gasteiger charge is -2.44. The van der Waals surface area contributed by atoms with Gasteiger partial charge in [-0.2, -0.15) is 4.98 Å². The zero-order chi connectivity index (χ0) is 31.9. The molecule has 1 aliphatic heterocycles. The molecule has 0 aliphatic carbocycles. The van der Waals surface area contributed by atoms with Crippen molar-refractivity contribution in [1.82, 2.24) is 29.4 Å². The molecule has 0 saturated carbocycles. The minimum atomic E-state index is -0.646. The van der Waals surface area contributed by atoms with E-state index in [1.54, 1.807) is 23.1 Å². The molecular weight excluding hydrogens is 564 g/mol. The number of hydrogen-bond donors (Lipinski definition) is 0. The third-order valence-electron chi connectivity index (χ3n) is 8.10. The van der Waals surface area contributed by atoms with Crippen molar-refractivity contribution in [1.29, 1.82) is 0 Å². The van der Waals surface area contributed by atoms with Gasteiger partial charge in [0.1, 0.15) is 23.8 Å². The van der Waals surface area contributed by atoms with Crippen molar-refractivity contribution in [2.45, 2.75) is 71.9 Å². The van der Waals surface area contributed by atoms with Crippen LogP contribution in [0.25, 0.3) is 16.7 Å². The number of nitrogens with zero attached hydrogens (tertiary/aromatic N) is 7. The van der Waals surface area contributed by atoms with Gasteiger partial charge < -0.3 is 9.80 Å². The van der Waals surface area contributed by atoms with Gasteiger partial charge in [-0.25, -0.2) is 33.1 Å². The summed E-state index contributed by atoms with van der Waals surface area (Å²) in [7, 11) is 0. The third kappa shape index (κ3) is 5.58. The minimum absolute atomic E-state index is 0.00948. The number of fused-ring (bicyclic) bond motifs is 1. The Morgan fingerprint density at radius 2 is 1.66 bits per heavy atom. The van der Waals surface area contributed by atoms with Crippen molar-refractivity contribution in [2.24, 2.45) is 0 Å². The van der Waals surface area contributed by atoms with E-state index in [9.17, 15) is 14.0 Å². The fourth-order valence-electron chi connectivity index (χ4n) is 5.84. The first kappa shape index (κ1) is 30.9. The monoisotopic (exact) mass is 601 g/mol. The third-order valence-corrected chi connectivity index (χ3v) is 8.10. The topological polar surface area (TPSA) is 97.1 Å². The summed E-state index contributed by atoms with van der Waals surface area (Å²) < 4.78 is 31.9. The molecule has 0 unspecified atom stereocenters. The molecule has 44 heavy (non-hydrogen) atoms. The molecule has 9 nitrogen and oxygen atoms in total. The van der Waals surface area contributed by atoms with Crippen molar-refractivity contribution in [3.63, 3.8) is 0 Å². The number of hydrogen-bond acceptors (Lipinski definition) is 7. The lowest BCUT2D eigenvalue weighted by molar-refractivity contribution is -0.128. The van der Waals surface area contributed by atoms with E-state index in [1.807, 2.05) is 46.4 Å². The van der Waals surface area contributed by atoms with E-state index in [4.69, 9.17) is 4.98 Å². The first-order valence-corrected chi connectivity index (χ1v) is 14.8. The summed E-state index contributed by atoms with van der Waals surface area (Å²) in [5.74, 6) is -1.20. The molecule has 1 fully saturated rings. The van der Waals surface area contributed by atoms with Crippen molar-refractivity contribution in [3.05, 3.63) is 94.1 Å². The Morgan fingerprint density at radius 1 is 1.00 bits per heavy atom. The van der Waals surface area contributed by atoms with Crippen molar-refractivity contribution in [3.8, 4) is 5.69 Å². The number of amides is 1. The molecule has 1 saturated heterocycles. The van der Waals surface area contributed by atoms with Gasteiger partial charge in [0, 0.05) is 31.6 Å². The lowest BCUT2D eigenvalue weighted by atomic mass is 10.0. The molecule has 3 aromatic heterocycles. The van der Waals surface area contributed by atoms with E-state index in [0.29, 0.717) is 35.6 Å². The highest BCUT2D eigenvalue weighted by atomic mass is 19.1. The Morgan fingerprint density at radius 3 is 2.27 bits per heavy atom. The molecule has 1 aliphatic rings. The summed E-state index contributed by atoms with van der Waals surface area (Å²) in [6, 6.07) is 6.99. The van der Waals surface area contributed by atoms with Crippen LogP contribution in [0.4, 0.5) is 14.6 Å². The van der Waals surface area contributed by atoms with Gasteiger partial charge in [0.05, 0.1) is 28.2 Å². The van der Waals surface area contributed by atoms with Gasteiger partial charge in [-0.1, -0.05) is 52.5 Å². The van der Waals surface area contributed by atoms with Crippen LogP contribution in [0.1, 0.15) is 76.0 Å². The predicted molar refractivity (Wildman–Crippen MR) is 166 cm³/mol. The van der Waals surface area contributed by atoms with Crippen LogP contribution in [-0.4, -0.2) is 60.5 Å². The zero-order valence-electron chi connectivity index (χ0n) is 25.9. The summed E-state index contributed by atoms with van der Waals surface area (Å²) in [5, 5.41) is 0.315. The van der Waals surface area contributed by atoms with E-state index in [1.165, 1.54) is 29.1 Å². The number of piperazine rings is 1. The second-order valence-electron chi connectivity index (χ2n) is 12.0. The largest absolute Gasteiger partial charge is 0.355 e. The molecule has 230 valence electrons. The number of anilines is 1. The second-order valence-corrected chi connectivity index (χ2v) is 12.0. The smallest absolute Gasteiger partial charge is 0.349 e. The normalized spacial score (nSPS) is 17.1. The van der Waals surface area contributed by atoms with Crippen LogP contribution in [0.2, 0.25) is 0 Å². The molecular formula is C33H37F2N7O2. The number of halogens is 2. The zero-order valence-corrected chi connectivity index (χ0v) is 25.9. The Bertz CT molecular complexity index is 1780. The summed E-state index contributed by atoms with van der Waals surface area (Å²) in [5.41, 5.74) is 1.54. The van der Waals surface area contributed by atoms with Gasteiger partial charge >= 0.3 is 5.69 Å². The highest BCUT2D eigenvalue weighted by molar-refractivity contribution is 5.90. The molecule has 4 aromatic rings. The minimum Gasteiger partial charge on any atom is -0.349 e. The van der Waals surface area contributed by atoms with Crippen LogP contribution in [0.3, 0.4) is 0 Å². The second kappa shape index (κ2) is 12.2. The molecule has 11 heteroatoms. The first-order chi connectivity index (χ1) is 20.9. The van der Waals surface area contributed by atoms with Crippen molar-refractivity contribution >= 4 is 22.8 Å². The van der Waals surface area contributed by atoms with E-state index in [2.05, 4.69) is 21.5 Å². The highest BCUT2D eigenvalue weighted by Crippen LogP contribution is 2.33. The maximum Gasteiger partial charge on any atom is 0.355 e. The number of benzene rings is 1. The molecule has 4 heterocycles. The molecule has 1 amide bonds. The fourth-order valence-corrected chi connectivity index (χ4v) is 5.84. The van der Waals surface area contributed by atoms with E-state index >= 15 is 4.39 Å². The molecule has 0 radical (unpaired) electrons.